The topological polar surface area (TPSA) is 59.5 Å². The Hall–Kier alpha value is -1.40. The average molecular weight is 252 g/mol. The molecule has 2 heterocycles. The average Bonchev–Trinajstić information content (AvgIpc) is 2.45. The van der Waals surface area contributed by atoms with Crippen LogP contribution in [0.5, 0.6) is 5.88 Å². The molecule has 0 aromatic carbocycles. The maximum Gasteiger partial charge on any atom is 0.226 e. The summed E-state index contributed by atoms with van der Waals surface area (Å²) in [6.07, 6.45) is 1.86. The highest BCUT2D eigenvalue weighted by Crippen LogP contribution is 2.09. The molecule has 1 atom stereocenters. The van der Waals surface area contributed by atoms with Crippen molar-refractivity contribution in [1.82, 2.24) is 14.9 Å². The van der Waals surface area contributed by atoms with E-state index in [1.807, 2.05) is 0 Å². The van der Waals surface area contributed by atoms with Gasteiger partial charge in [-0.3, -0.25) is 4.90 Å². The Bertz CT molecular complexity index is 375. The molecule has 1 aromatic heterocycles. The second-order valence-corrected chi connectivity index (χ2v) is 4.19. The van der Waals surface area contributed by atoms with Crippen LogP contribution in [0, 0.1) is 0 Å². The minimum atomic E-state index is 0.188. The van der Waals surface area contributed by atoms with Crippen molar-refractivity contribution in [2.75, 3.05) is 45.2 Å². The maximum absolute atomic E-state index is 5.70. The zero-order chi connectivity index (χ0) is 12.8. The van der Waals surface area contributed by atoms with Crippen LogP contribution in [0.15, 0.2) is 12.3 Å². The molecule has 0 amide bonds. The van der Waals surface area contributed by atoms with Crippen LogP contribution in [-0.4, -0.2) is 60.9 Å². The summed E-state index contributed by atoms with van der Waals surface area (Å²) in [5, 5.41) is 3.18. The molecule has 6 heteroatoms. The van der Waals surface area contributed by atoms with E-state index in [0.717, 1.165) is 26.2 Å². The summed E-state index contributed by atoms with van der Waals surface area (Å²) < 4.78 is 10.7. The van der Waals surface area contributed by atoms with Gasteiger partial charge in [-0.05, 0) is 6.54 Å². The molecule has 1 fully saturated rings. The fraction of sp³-hybridized carbons (Fsp3) is 0.667. The fourth-order valence-corrected chi connectivity index (χ4v) is 1.94. The number of morpholine rings is 1. The monoisotopic (exact) mass is 252 g/mol. The van der Waals surface area contributed by atoms with E-state index in [2.05, 4.69) is 27.1 Å². The molecule has 18 heavy (non-hydrogen) atoms. The van der Waals surface area contributed by atoms with Crippen LogP contribution >= 0.6 is 0 Å². The normalized spacial score (nSPS) is 20.7. The van der Waals surface area contributed by atoms with Gasteiger partial charge in [0.15, 0.2) is 0 Å². The van der Waals surface area contributed by atoms with Crippen molar-refractivity contribution < 1.29 is 9.47 Å². The van der Waals surface area contributed by atoms with Gasteiger partial charge in [-0.2, -0.15) is 4.98 Å². The highest BCUT2D eigenvalue weighted by molar-refractivity contribution is 5.27. The molecule has 1 N–H and O–H groups in total. The standard InChI is InChI=1S/C12H20N4O2/c1-3-16-6-7-18-10(9-16)8-14-12-13-5-4-11(15-12)17-2/h4-5,10H,3,6-9H2,1-2H3,(H,13,14,15)/t10-/m1/s1. The third-order valence-corrected chi connectivity index (χ3v) is 3.00. The van der Waals surface area contributed by atoms with Crippen molar-refractivity contribution in [3.63, 3.8) is 0 Å². The molecule has 1 aliphatic heterocycles. The van der Waals surface area contributed by atoms with Crippen LogP contribution in [0.25, 0.3) is 0 Å². The number of nitrogens with one attached hydrogen (secondary N) is 1. The van der Waals surface area contributed by atoms with Crippen LogP contribution in [0.3, 0.4) is 0 Å². The van der Waals surface area contributed by atoms with Gasteiger partial charge in [0.2, 0.25) is 11.8 Å². The number of hydrogen-bond acceptors (Lipinski definition) is 6. The Morgan fingerprint density at radius 1 is 1.61 bits per heavy atom. The minimum absolute atomic E-state index is 0.188. The van der Waals surface area contributed by atoms with Gasteiger partial charge in [-0.1, -0.05) is 6.92 Å². The fourth-order valence-electron chi connectivity index (χ4n) is 1.94. The summed E-state index contributed by atoms with van der Waals surface area (Å²) in [5.74, 6) is 1.14. The van der Waals surface area contributed by atoms with E-state index in [1.54, 1.807) is 19.4 Å². The SMILES string of the molecule is CCN1CCO[C@H](CNc2nccc(OC)n2)C1. The van der Waals surface area contributed by atoms with Gasteiger partial charge in [0, 0.05) is 31.9 Å². The number of hydrogen-bond donors (Lipinski definition) is 1. The number of ether oxygens (including phenoxy) is 2. The molecule has 0 aliphatic carbocycles. The lowest BCUT2D eigenvalue weighted by molar-refractivity contribution is -0.0192. The van der Waals surface area contributed by atoms with Gasteiger partial charge in [-0.15, -0.1) is 0 Å². The maximum atomic E-state index is 5.70. The van der Waals surface area contributed by atoms with E-state index in [4.69, 9.17) is 9.47 Å². The zero-order valence-electron chi connectivity index (χ0n) is 10.9. The van der Waals surface area contributed by atoms with Crippen molar-refractivity contribution in [1.29, 1.82) is 0 Å². The van der Waals surface area contributed by atoms with Crippen LogP contribution in [0.1, 0.15) is 6.92 Å². The number of nitrogens with zero attached hydrogens (tertiary/aromatic N) is 3. The number of anilines is 1. The molecule has 1 aliphatic rings. The summed E-state index contributed by atoms with van der Waals surface area (Å²) in [4.78, 5) is 10.7. The van der Waals surface area contributed by atoms with E-state index < -0.39 is 0 Å². The predicted octanol–water partition coefficient (Wildman–Crippen LogP) is 0.618. The summed E-state index contributed by atoms with van der Waals surface area (Å²) in [6.45, 7) is 6.70. The van der Waals surface area contributed by atoms with Gasteiger partial charge >= 0.3 is 0 Å². The lowest BCUT2D eigenvalue weighted by atomic mass is 10.2. The Balaban J connectivity index is 1.83. The van der Waals surface area contributed by atoms with Gasteiger partial charge in [0.05, 0.1) is 19.8 Å². The third-order valence-electron chi connectivity index (χ3n) is 3.00. The van der Waals surface area contributed by atoms with E-state index in [0.29, 0.717) is 18.4 Å². The van der Waals surface area contributed by atoms with Gasteiger partial charge in [-0.25, -0.2) is 4.98 Å². The molecule has 1 aromatic rings. The second-order valence-electron chi connectivity index (χ2n) is 4.19. The van der Waals surface area contributed by atoms with Crippen LogP contribution < -0.4 is 10.1 Å². The molecule has 2 rings (SSSR count). The highest BCUT2D eigenvalue weighted by atomic mass is 16.5. The Morgan fingerprint density at radius 3 is 3.28 bits per heavy atom. The Labute approximate surface area is 107 Å². The molecule has 0 spiro atoms. The molecule has 0 unspecified atom stereocenters. The van der Waals surface area contributed by atoms with Crippen molar-refractivity contribution in [2.24, 2.45) is 0 Å². The van der Waals surface area contributed by atoms with E-state index in [1.165, 1.54) is 0 Å². The Morgan fingerprint density at radius 2 is 2.50 bits per heavy atom. The lowest BCUT2D eigenvalue weighted by Gasteiger charge is -2.32. The van der Waals surface area contributed by atoms with Crippen molar-refractivity contribution in [2.45, 2.75) is 13.0 Å². The smallest absolute Gasteiger partial charge is 0.226 e. The first-order valence-electron chi connectivity index (χ1n) is 6.26. The van der Waals surface area contributed by atoms with E-state index >= 15 is 0 Å². The minimum Gasteiger partial charge on any atom is -0.481 e. The summed E-state index contributed by atoms with van der Waals surface area (Å²) in [5.41, 5.74) is 0. The molecular weight excluding hydrogens is 232 g/mol. The predicted molar refractivity (Wildman–Crippen MR) is 68.9 cm³/mol. The Kier molecular flexibility index (Phi) is 4.72. The molecule has 0 radical (unpaired) electrons. The van der Waals surface area contributed by atoms with Gasteiger partial charge in [0.1, 0.15) is 0 Å². The summed E-state index contributed by atoms with van der Waals surface area (Å²) in [6, 6.07) is 1.72. The first-order chi connectivity index (χ1) is 8.81. The zero-order valence-corrected chi connectivity index (χ0v) is 10.9. The number of methoxy groups -OCH3 is 1. The molecule has 0 saturated carbocycles. The number of rotatable bonds is 5. The van der Waals surface area contributed by atoms with Crippen LogP contribution in [-0.2, 0) is 4.74 Å². The first kappa shape index (κ1) is 13.0. The second kappa shape index (κ2) is 6.51. The largest absolute Gasteiger partial charge is 0.481 e. The quantitative estimate of drug-likeness (QED) is 0.829. The number of aromatic nitrogens is 2. The van der Waals surface area contributed by atoms with Crippen LogP contribution in [0.2, 0.25) is 0 Å². The lowest BCUT2D eigenvalue weighted by Crippen LogP contribution is -2.45. The first-order valence-corrected chi connectivity index (χ1v) is 6.26. The van der Waals surface area contributed by atoms with E-state index in [-0.39, 0.29) is 6.10 Å². The van der Waals surface area contributed by atoms with Gasteiger partial charge in [0.25, 0.3) is 0 Å². The molecule has 1 saturated heterocycles. The highest BCUT2D eigenvalue weighted by Gasteiger charge is 2.19. The van der Waals surface area contributed by atoms with Crippen molar-refractivity contribution in [3.05, 3.63) is 12.3 Å². The molecule has 100 valence electrons. The summed E-state index contributed by atoms with van der Waals surface area (Å²) >= 11 is 0. The van der Waals surface area contributed by atoms with Gasteiger partial charge < -0.3 is 14.8 Å². The number of likely N-dealkylation sites (N-methyl/N-ethyl adjacent to an activating group) is 1. The molecular formula is C12H20N4O2. The molecule has 0 bridgehead atoms. The van der Waals surface area contributed by atoms with E-state index in [9.17, 15) is 0 Å². The van der Waals surface area contributed by atoms with Crippen molar-refractivity contribution in [3.8, 4) is 5.88 Å². The van der Waals surface area contributed by atoms with Crippen molar-refractivity contribution >= 4 is 5.95 Å². The summed E-state index contributed by atoms with van der Waals surface area (Å²) in [7, 11) is 1.59. The third kappa shape index (κ3) is 3.54. The molecule has 6 nitrogen and oxygen atoms in total. The van der Waals surface area contributed by atoms with Crippen LogP contribution in [0.4, 0.5) is 5.95 Å².